The SMILES string of the molecule is CCOC(=O)c1c[nH]c2cc(C(=O)NCc3ccccc3)nn2c1=O. The van der Waals surface area contributed by atoms with Gasteiger partial charge in [-0.2, -0.15) is 9.61 Å². The monoisotopic (exact) mass is 340 g/mol. The third-order valence-corrected chi connectivity index (χ3v) is 3.52. The summed E-state index contributed by atoms with van der Waals surface area (Å²) in [6.07, 6.45) is 1.25. The van der Waals surface area contributed by atoms with Crippen LogP contribution in [-0.4, -0.2) is 33.1 Å². The van der Waals surface area contributed by atoms with Crippen LogP contribution in [0.15, 0.2) is 47.4 Å². The highest BCUT2D eigenvalue weighted by Gasteiger charge is 2.17. The summed E-state index contributed by atoms with van der Waals surface area (Å²) in [6, 6.07) is 10.9. The number of amides is 1. The van der Waals surface area contributed by atoms with Crippen molar-refractivity contribution in [1.82, 2.24) is 19.9 Å². The van der Waals surface area contributed by atoms with E-state index in [2.05, 4.69) is 15.4 Å². The first-order valence-corrected chi connectivity index (χ1v) is 7.71. The number of aromatic amines is 1. The van der Waals surface area contributed by atoms with Gasteiger partial charge in [0.05, 0.1) is 6.61 Å². The Morgan fingerprint density at radius 3 is 2.76 bits per heavy atom. The van der Waals surface area contributed by atoms with Crippen LogP contribution in [0.5, 0.6) is 0 Å². The lowest BCUT2D eigenvalue weighted by atomic mass is 10.2. The summed E-state index contributed by atoms with van der Waals surface area (Å²) < 4.78 is 5.80. The van der Waals surface area contributed by atoms with Gasteiger partial charge in [-0.25, -0.2) is 4.79 Å². The molecule has 2 heterocycles. The minimum absolute atomic E-state index is 0.0743. The Morgan fingerprint density at radius 1 is 1.28 bits per heavy atom. The molecular formula is C17H16N4O4. The van der Waals surface area contributed by atoms with Gasteiger partial charge in [0.1, 0.15) is 11.2 Å². The van der Waals surface area contributed by atoms with E-state index in [-0.39, 0.29) is 17.9 Å². The smallest absolute Gasteiger partial charge is 0.345 e. The number of nitrogens with one attached hydrogen (secondary N) is 2. The first-order chi connectivity index (χ1) is 12.1. The van der Waals surface area contributed by atoms with Gasteiger partial charge in [0.2, 0.25) is 0 Å². The molecule has 2 N–H and O–H groups in total. The van der Waals surface area contributed by atoms with Crippen LogP contribution in [0.3, 0.4) is 0 Å². The normalized spacial score (nSPS) is 10.6. The quantitative estimate of drug-likeness (QED) is 0.677. The standard InChI is InChI=1S/C17H16N4O4/c1-2-25-17(24)12-10-18-14-8-13(20-21(14)16(12)23)15(22)19-9-11-6-4-3-5-7-11/h3-8,10,18H,2,9H2,1H3,(H,19,22). The minimum Gasteiger partial charge on any atom is -0.462 e. The second kappa shape index (κ2) is 7.00. The predicted molar refractivity (Wildman–Crippen MR) is 89.4 cm³/mol. The topological polar surface area (TPSA) is 106 Å². The number of benzene rings is 1. The summed E-state index contributed by atoms with van der Waals surface area (Å²) >= 11 is 0. The number of fused-ring (bicyclic) bond motifs is 1. The van der Waals surface area contributed by atoms with Gasteiger partial charge < -0.3 is 15.0 Å². The van der Waals surface area contributed by atoms with Crippen molar-refractivity contribution in [1.29, 1.82) is 0 Å². The van der Waals surface area contributed by atoms with Crippen molar-refractivity contribution in [2.75, 3.05) is 6.61 Å². The van der Waals surface area contributed by atoms with Crippen LogP contribution >= 0.6 is 0 Å². The third kappa shape index (κ3) is 3.42. The number of esters is 1. The molecule has 0 saturated carbocycles. The molecule has 0 spiro atoms. The van der Waals surface area contributed by atoms with Crippen LogP contribution in [-0.2, 0) is 11.3 Å². The average molecular weight is 340 g/mol. The highest BCUT2D eigenvalue weighted by molar-refractivity contribution is 5.93. The maximum atomic E-state index is 12.3. The van der Waals surface area contributed by atoms with Gasteiger partial charge in [-0.05, 0) is 12.5 Å². The molecule has 128 valence electrons. The van der Waals surface area contributed by atoms with E-state index in [0.717, 1.165) is 10.1 Å². The first-order valence-electron chi connectivity index (χ1n) is 7.71. The van der Waals surface area contributed by atoms with Gasteiger partial charge in [0.15, 0.2) is 5.69 Å². The summed E-state index contributed by atoms with van der Waals surface area (Å²) in [7, 11) is 0. The molecule has 25 heavy (non-hydrogen) atoms. The number of carbonyl (C=O) groups is 2. The number of ether oxygens (including phenoxy) is 1. The van der Waals surface area contributed by atoms with E-state index in [1.807, 2.05) is 30.3 Å². The number of hydrogen-bond acceptors (Lipinski definition) is 5. The Morgan fingerprint density at radius 2 is 2.04 bits per heavy atom. The van der Waals surface area contributed by atoms with Crippen molar-refractivity contribution in [2.24, 2.45) is 0 Å². The molecule has 8 nitrogen and oxygen atoms in total. The lowest BCUT2D eigenvalue weighted by molar-refractivity contribution is 0.0523. The lowest BCUT2D eigenvalue weighted by Gasteiger charge is -2.02. The van der Waals surface area contributed by atoms with E-state index in [4.69, 9.17) is 4.74 Å². The van der Waals surface area contributed by atoms with Crippen molar-refractivity contribution in [3.05, 3.63) is 69.8 Å². The van der Waals surface area contributed by atoms with E-state index >= 15 is 0 Å². The molecule has 1 aromatic carbocycles. The van der Waals surface area contributed by atoms with Gasteiger partial charge >= 0.3 is 5.97 Å². The maximum absolute atomic E-state index is 12.3. The van der Waals surface area contributed by atoms with Gasteiger partial charge in [-0.15, -0.1) is 0 Å². The predicted octanol–water partition coefficient (Wildman–Crippen LogP) is 1.13. The summed E-state index contributed by atoms with van der Waals surface area (Å²) in [5.41, 5.74) is 0.511. The molecule has 3 rings (SSSR count). The Bertz CT molecular complexity index is 975. The van der Waals surface area contributed by atoms with Crippen molar-refractivity contribution in [3.8, 4) is 0 Å². The van der Waals surface area contributed by atoms with E-state index in [1.165, 1.54) is 12.3 Å². The van der Waals surface area contributed by atoms with E-state index in [0.29, 0.717) is 12.2 Å². The molecule has 0 unspecified atom stereocenters. The Labute approximate surface area is 142 Å². The van der Waals surface area contributed by atoms with Crippen molar-refractivity contribution in [3.63, 3.8) is 0 Å². The second-order valence-electron chi connectivity index (χ2n) is 5.22. The average Bonchev–Trinajstić information content (AvgIpc) is 3.06. The highest BCUT2D eigenvalue weighted by atomic mass is 16.5. The number of hydrogen-bond donors (Lipinski definition) is 2. The molecule has 2 aromatic heterocycles. The fourth-order valence-corrected chi connectivity index (χ4v) is 2.30. The number of H-pyrrole nitrogens is 1. The summed E-state index contributed by atoms with van der Waals surface area (Å²) in [4.78, 5) is 39.0. The number of nitrogens with zero attached hydrogens (tertiary/aromatic N) is 2. The van der Waals surface area contributed by atoms with Crippen LogP contribution < -0.4 is 10.9 Å². The number of rotatable bonds is 5. The zero-order chi connectivity index (χ0) is 17.8. The van der Waals surface area contributed by atoms with E-state index < -0.39 is 17.4 Å². The maximum Gasteiger partial charge on any atom is 0.345 e. The molecule has 8 heteroatoms. The third-order valence-electron chi connectivity index (χ3n) is 3.52. The molecule has 0 atom stereocenters. The summed E-state index contributed by atoms with van der Waals surface area (Å²) in [6.45, 7) is 2.14. The van der Waals surface area contributed by atoms with Crippen LogP contribution in [0.2, 0.25) is 0 Å². The fourth-order valence-electron chi connectivity index (χ4n) is 2.30. The van der Waals surface area contributed by atoms with Gasteiger partial charge in [0, 0.05) is 18.8 Å². The largest absolute Gasteiger partial charge is 0.462 e. The molecule has 3 aromatic rings. The first kappa shape index (κ1) is 16.4. The lowest BCUT2D eigenvalue weighted by Crippen LogP contribution is -2.26. The number of aromatic nitrogens is 3. The molecule has 0 saturated heterocycles. The van der Waals surface area contributed by atoms with E-state index in [9.17, 15) is 14.4 Å². The van der Waals surface area contributed by atoms with Crippen molar-refractivity contribution >= 4 is 17.5 Å². The second-order valence-corrected chi connectivity index (χ2v) is 5.22. The van der Waals surface area contributed by atoms with Gasteiger partial charge in [0.25, 0.3) is 11.5 Å². The molecule has 0 radical (unpaired) electrons. The van der Waals surface area contributed by atoms with Gasteiger partial charge in [-0.1, -0.05) is 30.3 Å². The Hall–Kier alpha value is -3.42. The Balaban J connectivity index is 1.83. The minimum atomic E-state index is -0.740. The fraction of sp³-hybridized carbons (Fsp3) is 0.176. The number of carbonyl (C=O) groups excluding carboxylic acids is 2. The molecule has 0 bridgehead atoms. The molecule has 1 amide bonds. The van der Waals surface area contributed by atoms with E-state index in [1.54, 1.807) is 6.92 Å². The highest BCUT2D eigenvalue weighted by Crippen LogP contribution is 2.04. The van der Waals surface area contributed by atoms with Crippen LogP contribution in [0, 0.1) is 0 Å². The molecule has 0 aliphatic rings. The summed E-state index contributed by atoms with van der Waals surface area (Å²) in [5.74, 6) is -1.16. The molecule has 0 fully saturated rings. The van der Waals surface area contributed by atoms with Gasteiger partial charge in [-0.3, -0.25) is 9.59 Å². The molecule has 0 aliphatic heterocycles. The molecule has 0 aliphatic carbocycles. The zero-order valence-electron chi connectivity index (χ0n) is 13.5. The zero-order valence-corrected chi connectivity index (χ0v) is 13.5. The van der Waals surface area contributed by atoms with Crippen LogP contribution in [0.4, 0.5) is 0 Å². The van der Waals surface area contributed by atoms with Crippen LogP contribution in [0.1, 0.15) is 33.3 Å². The molecular weight excluding hydrogens is 324 g/mol. The van der Waals surface area contributed by atoms with Crippen molar-refractivity contribution in [2.45, 2.75) is 13.5 Å². The Kier molecular flexibility index (Phi) is 4.60. The van der Waals surface area contributed by atoms with Crippen LogP contribution in [0.25, 0.3) is 5.65 Å². The summed E-state index contributed by atoms with van der Waals surface area (Å²) in [5, 5.41) is 6.71. The van der Waals surface area contributed by atoms with Crippen molar-refractivity contribution < 1.29 is 14.3 Å².